The molecular formula is C14H12N2O2S. The molecule has 1 aromatic heterocycles. The minimum Gasteiger partial charge on any atom is -0.326 e. The van der Waals surface area contributed by atoms with Gasteiger partial charge in [0.05, 0.1) is 0 Å². The van der Waals surface area contributed by atoms with Gasteiger partial charge in [-0.05, 0) is 36.4 Å². The molecule has 0 atom stereocenters. The van der Waals surface area contributed by atoms with Crippen LogP contribution in [-0.2, 0) is 4.79 Å². The zero-order valence-corrected chi connectivity index (χ0v) is 11.1. The van der Waals surface area contributed by atoms with Crippen LogP contribution in [0.3, 0.4) is 0 Å². The second-order valence-electron chi connectivity index (χ2n) is 3.82. The molecule has 0 bridgehead atoms. The standard InChI is InChI=1S/C14H12N2O2S/c1-10(18)16-12-4-6-13(7-5-12)19-14-11(9-17)3-2-8-15-14/h2-9H,1H3,(H,16,18). The Morgan fingerprint density at radius 2 is 2.00 bits per heavy atom. The highest BCUT2D eigenvalue weighted by atomic mass is 32.2. The van der Waals surface area contributed by atoms with Crippen molar-refractivity contribution < 1.29 is 9.59 Å². The third kappa shape index (κ3) is 3.66. The SMILES string of the molecule is CC(=O)Nc1ccc(Sc2ncccc2C=O)cc1. The molecule has 1 aromatic carbocycles. The smallest absolute Gasteiger partial charge is 0.221 e. The van der Waals surface area contributed by atoms with Crippen LogP contribution in [0.25, 0.3) is 0 Å². The molecule has 0 aliphatic heterocycles. The number of hydrogen-bond donors (Lipinski definition) is 1. The van der Waals surface area contributed by atoms with Gasteiger partial charge in [-0.3, -0.25) is 9.59 Å². The van der Waals surface area contributed by atoms with Crippen LogP contribution in [0.5, 0.6) is 0 Å². The van der Waals surface area contributed by atoms with E-state index in [2.05, 4.69) is 10.3 Å². The van der Waals surface area contributed by atoms with Crippen molar-refractivity contribution in [2.24, 2.45) is 0 Å². The molecule has 0 aliphatic carbocycles. The molecule has 2 rings (SSSR count). The molecule has 19 heavy (non-hydrogen) atoms. The van der Waals surface area contributed by atoms with Crippen molar-refractivity contribution in [3.63, 3.8) is 0 Å². The Labute approximate surface area is 115 Å². The van der Waals surface area contributed by atoms with Crippen LogP contribution in [0.1, 0.15) is 17.3 Å². The van der Waals surface area contributed by atoms with Crippen molar-refractivity contribution in [3.8, 4) is 0 Å². The summed E-state index contributed by atoms with van der Waals surface area (Å²) in [6.07, 6.45) is 2.45. The number of nitrogens with zero attached hydrogens (tertiary/aromatic N) is 1. The minimum absolute atomic E-state index is 0.103. The van der Waals surface area contributed by atoms with Gasteiger partial charge in [0.2, 0.25) is 5.91 Å². The number of amides is 1. The molecule has 0 saturated carbocycles. The summed E-state index contributed by atoms with van der Waals surface area (Å²) >= 11 is 1.41. The first-order valence-corrected chi connectivity index (χ1v) is 6.46. The number of hydrogen-bond acceptors (Lipinski definition) is 4. The van der Waals surface area contributed by atoms with Crippen LogP contribution in [0.15, 0.2) is 52.5 Å². The third-order valence-electron chi connectivity index (χ3n) is 2.32. The maximum Gasteiger partial charge on any atom is 0.221 e. The number of nitrogens with one attached hydrogen (secondary N) is 1. The van der Waals surface area contributed by atoms with Crippen LogP contribution in [-0.4, -0.2) is 17.2 Å². The van der Waals surface area contributed by atoms with Crippen LogP contribution in [0.2, 0.25) is 0 Å². The molecule has 0 aliphatic rings. The van der Waals surface area contributed by atoms with Gasteiger partial charge in [-0.15, -0.1) is 0 Å². The van der Waals surface area contributed by atoms with Gasteiger partial charge in [0, 0.05) is 29.3 Å². The number of carbonyl (C=O) groups is 2. The summed E-state index contributed by atoms with van der Waals surface area (Å²) in [4.78, 5) is 26.9. The maximum atomic E-state index is 10.9. The third-order valence-corrected chi connectivity index (χ3v) is 3.36. The van der Waals surface area contributed by atoms with Crippen molar-refractivity contribution in [3.05, 3.63) is 48.2 Å². The quantitative estimate of drug-likeness (QED) is 0.869. The van der Waals surface area contributed by atoms with E-state index in [4.69, 9.17) is 0 Å². The number of pyridine rings is 1. The molecule has 0 radical (unpaired) electrons. The van der Waals surface area contributed by atoms with Crippen LogP contribution < -0.4 is 5.32 Å². The largest absolute Gasteiger partial charge is 0.326 e. The lowest BCUT2D eigenvalue weighted by Gasteiger charge is -2.05. The number of anilines is 1. The van der Waals surface area contributed by atoms with E-state index in [-0.39, 0.29) is 5.91 Å². The number of rotatable bonds is 4. The van der Waals surface area contributed by atoms with E-state index in [1.54, 1.807) is 18.3 Å². The van der Waals surface area contributed by atoms with Crippen molar-refractivity contribution in [2.75, 3.05) is 5.32 Å². The average molecular weight is 272 g/mol. The molecule has 0 saturated heterocycles. The molecule has 0 unspecified atom stereocenters. The van der Waals surface area contributed by atoms with Crippen molar-refractivity contribution in [2.45, 2.75) is 16.8 Å². The second kappa shape index (κ2) is 6.15. The van der Waals surface area contributed by atoms with Gasteiger partial charge in [0.15, 0.2) is 6.29 Å². The lowest BCUT2D eigenvalue weighted by molar-refractivity contribution is -0.114. The van der Waals surface area contributed by atoms with Crippen LogP contribution >= 0.6 is 11.8 Å². The lowest BCUT2D eigenvalue weighted by Crippen LogP contribution is -2.05. The van der Waals surface area contributed by atoms with Crippen molar-refractivity contribution in [1.82, 2.24) is 4.98 Å². The Balaban J connectivity index is 2.15. The van der Waals surface area contributed by atoms with Crippen molar-refractivity contribution >= 4 is 29.6 Å². The molecule has 0 fully saturated rings. The zero-order chi connectivity index (χ0) is 13.7. The molecule has 1 N–H and O–H groups in total. The fourth-order valence-corrected chi connectivity index (χ4v) is 2.34. The molecular weight excluding hydrogens is 260 g/mol. The number of aromatic nitrogens is 1. The van der Waals surface area contributed by atoms with E-state index in [1.807, 2.05) is 24.3 Å². The summed E-state index contributed by atoms with van der Waals surface area (Å²) in [5.41, 5.74) is 1.31. The van der Waals surface area contributed by atoms with Gasteiger partial charge in [0.25, 0.3) is 0 Å². The Hall–Kier alpha value is -2.14. The normalized spacial score (nSPS) is 9.95. The van der Waals surface area contributed by atoms with E-state index < -0.39 is 0 Å². The van der Waals surface area contributed by atoms with E-state index >= 15 is 0 Å². The molecule has 96 valence electrons. The molecule has 5 heteroatoms. The first kappa shape index (κ1) is 13.3. The number of aldehydes is 1. The highest BCUT2D eigenvalue weighted by molar-refractivity contribution is 7.99. The van der Waals surface area contributed by atoms with Crippen molar-refractivity contribution in [1.29, 1.82) is 0 Å². The summed E-state index contributed by atoms with van der Waals surface area (Å²) < 4.78 is 0. The Kier molecular flexibility index (Phi) is 4.30. The zero-order valence-electron chi connectivity index (χ0n) is 10.3. The monoisotopic (exact) mass is 272 g/mol. The Morgan fingerprint density at radius 1 is 1.26 bits per heavy atom. The summed E-state index contributed by atoms with van der Waals surface area (Å²) in [6.45, 7) is 1.47. The topological polar surface area (TPSA) is 59.1 Å². The average Bonchev–Trinajstić information content (AvgIpc) is 2.41. The number of carbonyl (C=O) groups excluding carboxylic acids is 2. The molecule has 2 aromatic rings. The van der Waals surface area contributed by atoms with E-state index in [0.717, 1.165) is 16.9 Å². The Morgan fingerprint density at radius 3 is 2.63 bits per heavy atom. The van der Waals surface area contributed by atoms with Gasteiger partial charge in [0.1, 0.15) is 5.03 Å². The fourth-order valence-electron chi connectivity index (χ4n) is 1.50. The van der Waals surface area contributed by atoms with Gasteiger partial charge in [-0.1, -0.05) is 11.8 Å². The van der Waals surface area contributed by atoms with E-state index in [1.165, 1.54) is 18.7 Å². The summed E-state index contributed by atoms with van der Waals surface area (Å²) in [5.74, 6) is -0.103. The highest BCUT2D eigenvalue weighted by Crippen LogP contribution is 2.28. The first-order chi connectivity index (χ1) is 9.19. The first-order valence-electron chi connectivity index (χ1n) is 5.65. The van der Waals surface area contributed by atoms with Gasteiger partial charge < -0.3 is 5.32 Å². The Bertz CT molecular complexity index is 597. The summed E-state index contributed by atoms with van der Waals surface area (Å²) in [7, 11) is 0. The predicted molar refractivity (Wildman–Crippen MR) is 74.5 cm³/mol. The fraction of sp³-hybridized carbons (Fsp3) is 0.0714. The van der Waals surface area contributed by atoms with Gasteiger partial charge in [-0.2, -0.15) is 0 Å². The van der Waals surface area contributed by atoms with Crippen LogP contribution in [0.4, 0.5) is 5.69 Å². The summed E-state index contributed by atoms with van der Waals surface area (Å²) in [5, 5.41) is 3.37. The maximum absolute atomic E-state index is 10.9. The summed E-state index contributed by atoms with van der Waals surface area (Å²) in [6, 6.07) is 10.8. The highest BCUT2D eigenvalue weighted by Gasteiger charge is 2.05. The van der Waals surface area contributed by atoms with E-state index in [9.17, 15) is 9.59 Å². The molecule has 4 nitrogen and oxygen atoms in total. The van der Waals surface area contributed by atoms with E-state index in [0.29, 0.717) is 10.6 Å². The predicted octanol–water partition coefficient (Wildman–Crippen LogP) is 3.00. The molecule has 1 amide bonds. The van der Waals surface area contributed by atoms with Gasteiger partial charge in [-0.25, -0.2) is 4.98 Å². The second-order valence-corrected chi connectivity index (χ2v) is 4.89. The van der Waals surface area contributed by atoms with Crippen LogP contribution in [0, 0.1) is 0 Å². The minimum atomic E-state index is -0.103. The number of benzene rings is 1. The molecule has 0 spiro atoms. The lowest BCUT2D eigenvalue weighted by atomic mass is 10.3. The van der Waals surface area contributed by atoms with Gasteiger partial charge >= 0.3 is 0 Å². The molecule has 1 heterocycles.